The standard InChI is InChI=1S/C15H28NO8P/c1-14(2,3)23-25(20,24-15(4,5)6)22-9-21-13(19)16-8-10-7-11(10)12(17)18/h10-11H,7-9H2,1-6H3,(H,16,19)(H,17,18). The molecule has 1 fully saturated rings. The summed E-state index contributed by atoms with van der Waals surface area (Å²) in [6.45, 7) is 9.73. The van der Waals surface area contributed by atoms with Gasteiger partial charge in [0.1, 0.15) is 0 Å². The third-order valence-electron chi connectivity index (χ3n) is 2.92. The molecular weight excluding hydrogens is 353 g/mol. The third-order valence-corrected chi connectivity index (χ3v) is 4.88. The second kappa shape index (κ2) is 8.03. The molecule has 2 N–H and O–H groups in total. The van der Waals surface area contributed by atoms with E-state index >= 15 is 0 Å². The number of ether oxygens (including phenoxy) is 1. The van der Waals surface area contributed by atoms with Crippen molar-refractivity contribution < 1.29 is 37.6 Å². The molecule has 2 unspecified atom stereocenters. The van der Waals surface area contributed by atoms with Gasteiger partial charge in [-0.05, 0) is 53.9 Å². The smallest absolute Gasteiger partial charge is 0.478 e. The number of hydrogen-bond donors (Lipinski definition) is 2. The molecule has 0 aromatic carbocycles. The highest BCUT2D eigenvalue weighted by Gasteiger charge is 2.43. The first-order valence-corrected chi connectivity index (χ1v) is 9.46. The lowest BCUT2D eigenvalue weighted by atomic mass is 10.2. The van der Waals surface area contributed by atoms with Crippen LogP contribution in [0.3, 0.4) is 0 Å². The minimum absolute atomic E-state index is 0.0921. The van der Waals surface area contributed by atoms with Crippen LogP contribution in [0.25, 0.3) is 0 Å². The Morgan fingerprint density at radius 1 is 1.12 bits per heavy atom. The van der Waals surface area contributed by atoms with Crippen LogP contribution in [0, 0.1) is 11.8 Å². The van der Waals surface area contributed by atoms with Crippen LogP contribution >= 0.6 is 7.82 Å². The fourth-order valence-corrected chi connectivity index (χ4v) is 3.59. The van der Waals surface area contributed by atoms with E-state index in [0.29, 0.717) is 6.42 Å². The van der Waals surface area contributed by atoms with Gasteiger partial charge in [0.15, 0.2) is 0 Å². The molecule has 0 aliphatic heterocycles. The zero-order valence-electron chi connectivity index (χ0n) is 15.5. The molecule has 1 saturated carbocycles. The minimum atomic E-state index is -3.95. The number of hydrogen-bond acceptors (Lipinski definition) is 7. The maximum Gasteiger partial charge on any atom is 0.478 e. The van der Waals surface area contributed by atoms with Crippen molar-refractivity contribution in [2.45, 2.75) is 59.2 Å². The summed E-state index contributed by atoms with van der Waals surface area (Å²) in [6.07, 6.45) is -0.269. The third kappa shape index (κ3) is 9.21. The highest BCUT2D eigenvalue weighted by Crippen LogP contribution is 2.55. The van der Waals surface area contributed by atoms with Crippen LogP contribution < -0.4 is 5.32 Å². The van der Waals surface area contributed by atoms with E-state index < -0.39 is 43.8 Å². The fraction of sp³-hybridized carbons (Fsp3) is 0.867. The Morgan fingerprint density at radius 2 is 1.64 bits per heavy atom. The lowest BCUT2D eigenvalue weighted by Crippen LogP contribution is -2.29. The van der Waals surface area contributed by atoms with Crippen LogP contribution in [0.5, 0.6) is 0 Å². The number of phosphoric acid groups is 1. The normalized spacial score (nSPS) is 20.9. The number of rotatable bonds is 8. The number of alkyl carbamates (subject to hydrolysis) is 1. The van der Waals surface area contributed by atoms with E-state index in [2.05, 4.69) is 5.32 Å². The summed E-state index contributed by atoms with van der Waals surface area (Å²) in [5, 5.41) is 11.2. The molecule has 1 amide bonds. The van der Waals surface area contributed by atoms with Gasteiger partial charge in [0.05, 0.1) is 17.1 Å². The van der Waals surface area contributed by atoms with Gasteiger partial charge < -0.3 is 15.2 Å². The summed E-state index contributed by atoms with van der Waals surface area (Å²) < 4.78 is 33.3. The van der Waals surface area contributed by atoms with Crippen molar-refractivity contribution in [1.29, 1.82) is 0 Å². The zero-order chi connectivity index (χ0) is 19.5. The molecule has 1 rings (SSSR count). The van der Waals surface area contributed by atoms with Gasteiger partial charge in [0.25, 0.3) is 0 Å². The van der Waals surface area contributed by atoms with Gasteiger partial charge in [-0.15, -0.1) is 0 Å². The van der Waals surface area contributed by atoms with Crippen LogP contribution in [0.15, 0.2) is 0 Å². The van der Waals surface area contributed by atoms with Gasteiger partial charge in [-0.1, -0.05) is 0 Å². The van der Waals surface area contributed by atoms with E-state index in [-0.39, 0.29) is 12.5 Å². The van der Waals surface area contributed by atoms with Crippen molar-refractivity contribution in [3.05, 3.63) is 0 Å². The van der Waals surface area contributed by atoms with Crippen molar-refractivity contribution in [2.24, 2.45) is 11.8 Å². The number of carboxylic acid groups (broad SMARTS) is 1. The summed E-state index contributed by atoms with van der Waals surface area (Å²) in [5.41, 5.74) is -1.58. The lowest BCUT2D eigenvalue weighted by molar-refractivity contribution is -0.138. The Morgan fingerprint density at radius 3 is 2.04 bits per heavy atom. The summed E-state index contributed by atoms with van der Waals surface area (Å²) in [7, 11) is -3.95. The number of carbonyl (C=O) groups excluding carboxylic acids is 1. The first-order chi connectivity index (χ1) is 11.2. The van der Waals surface area contributed by atoms with E-state index in [4.69, 9.17) is 23.4 Å². The van der Waals surface area contributed by atoms with Gasteiger partial charge in [0.2, 0.25) is 6.79 Å². The van der Waals surface area contributed by atoms with Crippen molar-refractivity contribution in [3.63, 3.8) is 0 Å². The van der Waals surface area contributed by atoms with E-state index in [9.17, 15) is 14.2 Å². The first-order valence-electron chi connectivity index (χ1n) is 8.00. The molecule has 2 atom stereocenters. The Hall–Kier alpha value is -1.15. The maximum absolute atomic E-state index is 12.7. The van der Waals surface area contributed by atoms with E-state index in [1.165, 1.54) is 0 Å². The number of nitrogens with one attached hydrogen (secondary N) is 1. The summed E-state index contributed by atoms with van der Waals surface area (Å²) >= 11 is 0. The first kappa shape index (κ1) is 21.9. The lowest BCUT2D eigenvalue weighted by Gasteiger charge is -2.30. The predicted octanol–water partition coefficient (Wildman–Crippen LogP) is 3.15. The van der Waals surface area contributed by atoms with E-state index in [1.807, 2.05) is 0 Å². The van der Waals surface area contributed by atoms with Crippen LogP contribution in [0.4, 0.5) is 4.79 Å². The molecule has 0 aromatic rings. The van der Waals surface area contributed by atoms with Gasteiger partial charge in [-0.3, -0.25) is 13.8 Å². The molecule has 146 valence electrons. The Bertz CT molecular complexity index is 517. The average molecular weight is 381 g/mol. The predicted molar refractivity (Wildman–Crippen MR) is 89.0 cm³/mol. The largest absolute Gasteiger partial charge is 0.481 e. The zero-order valence-corrected chi connectivity index (χ0v) is 16.4. The number of phosphoric ester groups is 1. The van der Waals surface area contributed by atoms with Crippen LogP contribution in [-0.2, 0) is 27.7 Å². The Balaban J connectivity index is 2.42. The quantitative estimate of drug-likeness (QED) is 0.486. The Kier molecular flexibility index (Phi) is 7.03. The van der Waals surface area contributed by atoms with Crippen molar-refractivity contribution in [2.75, 3.05) is 13.3 Å². The summed E-state index contributed by atoms with van der Waals surface area (Å²) in [5.74, 6) is -1.38. The fourth-order valence-electron chi connectivity index (χ4n) is 1.93. The van der Waals surface area contributed by atoms with E-state index in [1.54, 1.807) is 41.5 Å². The van der Waals surface area contributed by atoms with E-state index in [0.717, 1.165) is 0 Å². The molecule has 0 saturated heterocycles. The highest BCUT2D eigenvalue weighted by molar-refractivity contribution is 7.48. The second-order valence-electron chi connectivity index (χ2n) is 7.85. The highest BCUT2D eigenvalue weighted by atomic mass is 31.2. The number of carbonyl (C=O) groups is 2. The molecule has 0 heterocycles. The monoisotopic (exact) mass is 381 g/mol. The summed E-state index contributed by atoms with van der Waals surface area (Å²) in [6, 6.07) is 0. The van der Waals surface area contributed by atoms with Crippen LogP contribution in [0.2, 0.25) is 0 Å². The molecule has 10 heteroatoms. The molecule has 1 aliphatic carbocycles. The summed E-state index contributed by atoms with van der Waals surface area (Å²) in [4.78, 5) is 22.3. The van der Waals surface area contributed by atoms with Gasteiger partial charge in [-0.25, -0.2) is 13.9 Å². The molecule has 0 radical (unpaired) electrons. The topological polar surface area (TPSA) is 120 Å². The molecule has 1 aliphatic rings. The van der Waals surface area contributed by atoms with Gasteiger partial charge >= 0.3 is 19.9 Å². The maximum atomic E-state index is 12.7. The van der Waals surface area contributed by atoms with Gasteiger partial charge in [-0.2, -0.15) is 0 Å². The SMILES string of the molecule is CC(C)(C)OP(=O)(OCOC(=O)NCC1CC1C(=O)O)OC(C)(C)C. The average Bonchev–Trinajstić information content (AvgIpc) is 3.10. The molecule has 0 bridgehead atoms. The molecule has 0 spiro atoms. The van der Waals surface area contributed by atoms with Crippen molar-refractivity contribution >= 4 is 19.9 Å². The minimum Gasteiger partial charge on any atom is -0.481 e. The number of amides is 1. The van der Waals surface area contributed by atoms with Crippen LogP contribution in [0.1, 0.15) is 48.0 Å². The van der Waals surface area contributed by atoms with Crippen molar-refractivity contribution in [1.82, 2.24) is 5.32 Å². The molecule has 0 aromatic heterocycles. The molecule has 9 nitrogen and oxygen atoms in total. The van der Waals surface area contributed by atoms with Crippen molar-refractivity contribution in [3.8, 4) is 0 Å². The molecule has 25 heavy (non-hydrogen) atoms. The Labute approximate surface area is 148 Å². The molecular formula is C15H28NO8P. The number of carboxylic acids is 1. The van der Waals surface area contributed by atoms with Gasteiger partial charge in [0, 0.05) is 6.54 Å². The number of aliphatic carboxylic acids is 1. The van der Waals surface area contributed by atoms with Crippen LogP contribution in [-0.4, -0.2) is 41.7 Å². The second-order valence-corrected chi connectivity index (χ2v) is 9.37.